The molecular weight excluding hydrogens is 398 g/mol. The van der Waals surface area contributed by atoms with E-state index in [1.54, 1.807) is 0 Å². The molecule has 0 saturated carbocycles. The van der Waals surface area contributed by atoms with Crippen molar-refractivity contribution >= 4 is 5.65 Å². The van der Waals surface area contributed by atoms with Gasteiger partial charge in [0.25, 0.3) is 0 Å². The number of aryl methyl sites for hydroxylation is 1. The summed E-state index contributed by atoms with van der Waals surface area (Å²) >= 11 is 0. The molecule has 5 rings (SSSR count). The summed E-state index contributed by atoms with van der Waals surface area (Å²) in [5.74, 6) is 0. The van der Waals surface area contributed by atoms with Crippen molar-refractivity contribution in [1.29, 1.82) is 0 Å². The molecule has 3 aromatic heterocycles. The Balaban J connectivity index is 1.45. The van der Waals surface area contributed by atoms with Gasteiger partial charge in [0.2, 0.25) is 0 Å². The number of hydrogen-bond donors (Lipinski definition) is 0. The molecule has 0 amide bonds. The topological polar surface area (TPSA) is 45.9 Å². The molecule has 6 nitrogen and oxygen atoms in total. The van der Waals surface area contributed by atoms with Crippen molar-refractivity contribution in [2.24, 2.45) is 0 Å². The molecule has 3 aromatic rings. The van der Waals surface area contributed by atoms with Gasteiger partial charge in [-0.15, -0.1) is 0 Å². The number of rotatable bonds is 5. The fraction of sp³-hybridized carbons (Fsp3) is 0.538. The number of likely N-dealkylation sites (N-methyl/N-ethyl adjacent to an activating group) is 1. The molecule has 0 bridgehead atoms. The molecule has 0 radical (unpaired) electrons. The number of ether oxygens (including phenoxy) is 1. The van der Waals surface area contributed by atoms with Crippen LogP contribution in [0.5, 0.6) is 0 Å². The van der Waals surface area contributed by atoms with E-state index in [0.29, 0.717) is 18.8 Å². The zero-order valence-electron chi connectivity index (χ0n) is 19.6. The van der Waals surface area contributed by atoms with Crippen molar-refractivity contribution in [3.05, 3.63) is 65.4 Å². The van der Waals surface area contributed by atoms with Crippen LogP contribution in [-0.4, -0.2) is 57.5 Å². The molecule has 170 valence electrons. The molecule has 1 unspecified atom stereocenters. The first kappa shape index (κ1) is 21.6. The number of hydrogen-bond acceptors (Lipinski definition) is 5. The second kappa shape index (κ2) is 9.30. The summed E-state index contributed by atoms with van der Waals surface area (Å²) in [6.45, 7) is 4.96. The van der Waals surface area contributed by atoms with Gasteiger partial charge < -0.3 is 14.0 Å². The molecule has 2 saturated heterocycles. The SMILES string of the molecule is Cc1cccnc1[C@@H]1CCC[C@H](c2nc3ccccn3c2COC2CCCN(C)C2)N1C. The average molecular weight is 434 g/mol. The predicted molar refractivity (Wildman–Crippen MR) is 127 cm³/mol. The number of likely N-dealkylation sites (tertiary alicyclic amines) is 2. The fourth-order valence-corrected chi connectivity index (χ4v) is 5.56. The van der Waals surface area contributed by atoms with E-state index in [1.807, 2.05) is 12.3 Å². The first-order chi connectivity index (χ1) is 15.6. The third kappa shape index (κ3) is 4.19. The summed E-state index contributed by atoms with van der Waals surface area (Å²) in [7, 11) is 4.43. The van der Waals surface area contributed by atoms with Crippen LogP contribution >= 0.6 is 0 Å². The van der Waals surface area contributed by atoms with Crippen molar-refractivity contribution in [2.75, 3.05) is 27.2 Å². The third-order valence-electron chi connectivity index (χ3n) is 7.32. The number of nitrogens with zero attached hydrogens (tertiary/aromatic N) is 5. The smallest absolute Gasteiger partial charge is 0.137 e. The van der Waals surface area contributed by atoms with E-state index in [1.165, 1.54) is 42.0 Å². The minimum atomic E-state index is 0.266. The van der Waals surface area contributed by atoms with Gasteiger partial charge >= 0.3 is 0 Å². The maximum absolute atomic E-state index is 6.47. The zero-order valence-corrected chi connectivity index (χ0v) is 19.6. The molecule has 3 atom stereocenters. The highest BCUT2D eigenvalue weighted by atomic mass is 16.5. The summed E-state index contributed by atoms with van der Waals surface area (Å²) in [5, 5.41) is 0. The quantitative estimate of drug-likeness (QED) is 0.591. The van der Waals surface area contributed by atoms with Crippen LogP contribution in [0.1, 0.15) is 66.8 Å². The number of pyridine rings is 2. The van der Waals surface area contributed by atoms with Crippen molar-refractivity contribution in [3.63, 3.8) is 0 Å². The van der Waals surface area contributed by atoms with Gasteiger partial charge in [-0.2, -0.15) is 0 Å². The Morgan fingerprint density at radius 3 is 2.66 bits per heavy atom. The Bertz CT molecular complexity index is 1060. The molecule has 2 aliphatic rings. The van der Waals surface area contributed by atoms with Gasteiger partial charge in [0.15, 0.2) is 0 Å². The molecule has 0 aromatic carbocycles. The lowest BCUT2D eigenvalue weighted by Gasteiger charge is -2.39. The van der Waals surface area contributed by atoms with Crippen molar-refractivity contribution < 1.29 is 4.74 Å². The molecule has 0 spiro atoms. The van der Waals surface area contributed by atoms with Crippen molar-refractivity contribution in [3.8, 4) is 0 Å². The van der Waals surface area contributed by atoms with E-state index >= 15 is 0 Å². The standard InChI is InChI=1S/C26H35N5O/c1-19-9-7-14-27-25(19)21-11-6-12-22(30(21)3)26-23(31-16-5-4-13-24(31)28-26)18-32-20-10-8-15-29(2)17-20/h4-5,7,9,13-14,16,20-22H,6,8,10-12,15,17-18H2,1-3H3/t20?,21-,22+/m0/s1. The maximum atomic E-state index is 6.47. The van der Waals surface area contributed by atoms with E-state index in [-0.39, 0.29) is 6.04 Å². The molecular formula is C26H35N5O. The van der Waals surface area contributed by atoms with Gasteiger partial charge in [-0.05, 0) is 83.4 Å². The van der Waals surface area contributed by atoms with Crippen LogP contribution in [0.25, 0.3) is 5.65 Å². The van der Waals surface area contributed by atoms with Gasteiger partial charge in [-0.3, -0.25) is 9.88 Å². The fourth-order valence-electron chi connectivity index (χ4n) is 5.56. The normalized spacial score (nSPS) is 25.4. The second-order valence-corrected chi connectivity index (χ2v) is 9.54. The molecule has 0 aliphatic carbocycles. The van der Waals surface area contributed by atoms with Crippen LogP contribution in [-0.2, 0) is 11.3 Å². The molecule has 2 fully saturated rings. The van der Waals surface area contributed by atoms with E-state index < -0.39 is 0 Å². The summed E-state index contributed by atoms with van der Waals surface area (Å²) in [6, 6.07) is 11.0. The summed E-state index contributed by atoms with van der Waals surface area (Å²) < 4.78 is 8.70. The van der Waals surface area contributed by atoms with E-state index in [2.05, 4.69) is 65.7 Å². The van der Waals surface area contributed by atoms with Gasteiger partial charge in [-0.25, -0.2) is 4.98 Å². The van der Waals surface area contributed by atoms with Gasteiger partial charge in [-0.1, -0.05) is 12.1 Å². The molecule has 0 N–H and O–H groups in total. The Hall–Kier alpha value is -2.28. The highest BCUT2D eigenvalue weighted by Gasteiger charge is 2.34. The van der Waals surface area contributed by atoms with Gasteiger partial charge in [0.1, 0.15) is 5.65 Å². The van der Waals surface area contributed by atoms with Crippen LogP contribution in [0, 0.1) is 6.92 Å². The monoisotopic (exact) mass is 433 g/mol. The summed E-state index contributed by atoms with van der Waals surface area (Å²) in [5.41, 5.74) is 5.84. The number of piperidine rings is 2. The first-order valence-corrected chi connectivity index (χ1v) is 12.0. The van der Waals surface area contributed by atoms with Crippen LogP contribution in [0.2, 0.25) is 0 Å². The maximum Gasteiger partial charge on any atom is 0.137 e. The summed E-state index contributed by atoms with van der Waals surface area (Å²) in [6.07, 6.45) is 10.1. The van der Waals surface area contributed by atoms with Gasteiger partial charge in [0, 0.05) is 18.9 Å². The summed E-state index contributed by atoms with van der Waals surface area (Å²) in [4.78, 5) is 14.8. The Kier molecular flexibility index (Phi) is 6.26. The van der Waals surface area contributed by atoms with Crippen LogP contribution in [0.3, 0.4) is 0 Å². The van der Waals surface area contributed by atoms with Crippen molar-refractivity contribution in [2.45, 2.75) is 63.8 Å². The van der Waals surface area contributed by atoms with E-state index in [9.17, 15) is 0 Å². The minimum Gasteiger partial charge on any atom is -0.371 e. The Labute approximate surface area is 191 Å². The Morgan fingerprint density at radius 2 is 1.84 bits per heavy atom. The highest BCUT2D eigenvalue weighted by Crippen LogP contribution is 2.41. The van der Waals surface area contributed by atoms with E-state index in [4.69, 9.17) is 14.7 Å². The van der Waals surface area contributed by atoms with Gasteiger partial charge in [0.05, 0.1) is 41.9 Å². The molecule has 2 aliphatic heterocycles. The average Bonchev–Trinajstić information content (AvgIpc) is 3.17. The molecule has 5 heterocycles. The van der Waals surface area contributed by atoms with Crippen LogP contribution < -0.4 is 0 Å². The molecule has 32 heavy (non-hydrogen) atoms. The van der Waals surface area contributed by atoms with Crippen LogP contribution in [0.4, 0.5) is 0 Å². The largest absolute Gasteiger partial charge is 0.371 e. The van der Waals surface area contributed by atoms with Crippen molar-refractivity contribution in [1.82, 2.24) is 24.2 Å². The number of aromatic nitrogens is 3. The molecule has 6 heteroatoms. The van der Waals surface area contributed by atoms with E-state index in [0.717, 1.165) is 31.5 Å². The second-order valence-electron chi connectivity index (χ2n) is 9.54. The lowest BCUT2D eigenvalue weighted by molar-refractivity contribution is -0.00625. The highest BCUT2D eigenvalue weighted by molar-refractivity contribution is 5.44. The number of fused-ring (bicyclic) bond motifs is 1. The predicted octanol–water partition coefficient (Wildman–Crippen LogP) is 4.55. The lowest BCUT2D eigenvalue weighted by Crippen LogP contribution is -2.37. The lowest BCUT2D eigenvalue weighted by atomic mass is 9.90. The number of imidazole rings is 1. The third-order valence-corrected chi connectivity index (χ3v) is 7.32. The minimum absolute atomic E-state index is 0.266. The first-order valence-electron chi connectivity index (χ1n) is 12.0. The Morgan fingerprint density at radius 1 is 1.00 bits per heavy atom. The van der Waals surface area contributed by atoms with Crippen LogP contribution in [0.15, 0.2) is 42.7 Å². The zero-order chi connectivity index (χ0) is 22.1.